The number of rotatable bonds is 3. The number of carboxylic acid groups (broad SMARTS) is 1. The molecule has 7 nitrogen and oxygen atoms in total. The second kappa shape index (κ2) is 4.39. The predicted octanol–water partition coefficient (Wildman–Crippen LogP) is 1.90. The van der Waals surface area contributed by atoms with Gasteiger partial charge < -0.3 is 14.9 Å². The van der Waals surface area contributed by atoms with Crippen molar-refractivity contribution in [2.75, 3.05) is 0 Å². The van der Waals surface area contributed by atoms with Gasteiger partial charge in [-0.1, -0.05) is 0 Å². The Hall–Kier alpha value is -2.52. The number of ether oxygens (including phenoxy) is 1. The molecule has 98 valence electrons. The predicted molar refractivity (Wildman–Crippen MR) is 48.4 cm³/mol. The van der Waals surface area contributed by atoms with Crippen molar-refractivity contribution in [3.63, 3.8) is 0 Å². The normalized spacial score (nSPS) is 11.1. The minimum atomic E-state index is -5.22. The highest BCUT2D eigenvalue weighted by atomic mass is 19.4. The molecule has 2 N–H and O–H groups in total. The number of halogens is 3. The second-order valence-electron chi connectivity index (χ2n) is 2.95. The third-order valence-corrected chi connectivity index (χ3v) is 1.72. The van der Waals surface area contributed by atoms with Gasteiger partial charge in [-0.05, 0) is 6.07 Å². The highest BCUT2D eigenvalue weighted by molar-refractivity contribution is 5.90. The molecule has 1 aromatic carbocycles. The first-order valence-electron chi connectivity index (χ1n) is 4.12. The number of aromatic hydroxyl groups is 1. The van der Waals surface area contributed by atoms with Crippen LogP contribution in [0.5, 0.6) is 11.5 Å². The molecular formula is C8H4F3NO6. The molecule has 0 aliphatic rings. The molecule has 0 saturated heterocycles. The summed E-state index contributed by atoms with van der Waals surface area (Å²) in [6.45, 7) is 0. The Morgan fingerprint density at radius 1 is 1.39 bits per heavy atom. The number of phenolic OH excluding ortho intramolecular Hbond substituents is 1. The fraction of sp³-hybridized carbons (Fsp3) is 0.125. The van der Waals surface area contributed by atoms with E-state index in [0.29, 0.717) is 12.1 Å². The lowest BCUT2D eigenvalue weighted by molar-refractivity contribution is -0.386. The van der Waals surface area contributed by atoms with Crippen molar-refractivity contribution in [3.05, 3.63) is 27.8 Å². The van der Waals surface area contributed by atoms with Crippen molar-refractivity contribution >= 4 is 11.7 Å². The quantitative estimate of drug-likeness (QED) is 0.639. The number of aromatic carboxylic acids is 1. The molecule has 0 bridgehead atoms. The van der Waals surface area contributed by atoms with Crippen molar-refractivity contribution in [2.45, 2.75) is 6.36 Å². The summed E-state index contributed by atoms with van der Waals surface area (Å²) in [7, 11) is 0. The molecule has 0 spiro atoms. The lowest BCUT2D eigenvalue weighted by atomic mass is 10.1. The Bertz CT molecular complexity index is 512. The maximum atomic E-state index is 11.9. The first kappa shape index (κ1) is 13.5. The van der Waals surface area contributed by atoms with E-state index in [1.807, 2.05) is 0 Å². The van der Waals surface area contributed by atoms with Crippen molar-refractivity contribution in [2.24, 2.45) is 0 Å². The molecular weight excluding hydrogens is 263 g/mol. The summed E-state index contributed by atoms with van der Waals surface area (Å²) in [4.78, 5) is 19.8. The largest absolute Gasteiger partial charge is 0.573 e. The van der Waals surface area contributed by atoms with E-state index in [1.165, 1.54) is 0 Å². The first-order chi connectivity index (χ1) is 8.11. The number of nitro benzene ring substituents is 1. The number of hydrogen-bond acceptors (Lipinski definition) is 5. The molecule has 1 aromatic rings. The van der Waals surface area contributed by atoms with E-state index in [0.717, 1.165) is 0 Å². The molecule has 0 fully saturated rings. The maximum Gasteiger partial charge on any atom is 0.573 e. The molecule has 0 atom stereocenters. The molecule has 0 unspecified atom stereocenters. The van der Waals surface area contributed by atoms with E-state index in [-0.39, 0.29) is 0 Å². The number of benzene rings is 1. The third-order valence-electron chi connectivity index (χ3n) is 1.72. The average Bonchev–Trinajstić information content (AvgIpc) is 2.18. The minimum absolute atomic E-state index is 0.332. The lowest BCUT2D eigenvalue weighted by Crippen LogP contribution is -2.17. The summed E-state index contributed by atoms with van der Waals surface area (Å²) in [6.07, 6.45) is -5.22. The van der Waals surface area contributed by atoms with Crippen LogP contribution in [-0.4, -0.2) is 27.5 Å². The Morgan fingerprint density at radius 2 is 1.94 bits per heavy atom. The molecule has 1 rings (SSSR count). The summed E-state index contributed by atoms with van der Waals surface area (Å²) >= 11 is 0. The average molecular weight is 267 g/mol. The van der Waals surface area contributed by atoms with Gasteiger partial charge in [0.25, 0.3) is 0 Å². The van der Waals surface area contributed by atoms with E-state index in [1.54, 1.807) is 0 Å². The standard InChI is InChI=1S/C8H4F3NO6/c9-8(10,11)18-5-2-3(7(14)15)1-4(6(5)13)12(16)17/h1-2,13H,(H,14,15). The number of phenols is 1. The Morgan fingerprint density at radius 3 is 2.33 bits per heavy atom. The number of nitro groups is 1. The molecule has 0 heterocycles. The molecule has 0 aliphatic heterocycles. The zero-order valence-electron chi connectivity index (χ0n) is 8.26. The van der Waals surface area contributed by atoms with Crippen molar-refractivity contribution in [1.29, 1.82) is 0 Å². The van der Waals surface area contributed by atoms with E-state index >= 15 is 0 Å². The monoisotopic (exact) mass is 267 g/mol. The van der Waals surface area contributed by atoms with Crippen LogP contribution in [0.2, 0.25) is 0 Å². The van der Waals surface area contributed by atoms with Gasteiger partial charge in [0.15, 0.2) is 5.75 Å². The SMILES string of the molecule is O=C(O)c1cc(OC(F)(F)F)c(O)c([N+](=O)[O-])c1. The third kappa shape index (κ3) is 2.99. The van der Waals surface area contributed by atoms with E-state index in [4.69, 9.17) is 10.2 Å². The van der Waals surface area contributed by atoms with E-state index < -0.39 is 40.0 Å². The van der Waals surface area contributed by atoms with E-state index in [2.05, 4.69) is 4.74 Å². The van der Waals surface area contributed by atoms with Gasteiger partial charge in [0, 0.05) is 6.07 Å². The van der Waals surface area contributed by atoms with Crippen LogP contribution in [0.25, 0.3) is 0 Å². The minimum Gasteiger partial charge on any atom is -0.500 e. The van der Waals surface area contributed by atoms with E-state index in [9.17, 15) is 28.1 Å². The molecule has 0 radical (unpaired) electrons. The highest BCUT2D eigenvalue weighted by Gasteiger charge is 2.35. The Labute approximate surface area is 96.2 Å². The van der Waals surface area contributed by atoms with Crippen molar-refractivity contribution < 1.29 is 37.8 Å². The highest BCUT2D eigenvalue weighted by Crippen LogP contribution is 2.39. The van der Waals surface area contributed by atoms with Gasteiger partial charge in [-0.25, -0.2) is 4.79 Å². The molecule has 0 aromatic heterocycles. The van der Waals surface area contributed by atoms with Gasteiger partial charge in [0.05, 0.1) is 10.5 Å². The van der Waals surface area contributed by atoms with Crippen molar-refractivity contribution in [3.8, 4) is 11.5 Å². The number of carbonyl (C=O) groups is 1. The van der Waals surface area contributed by atoms with Crippen LogP contribution in [-0.2, 0) is 0 Å². The number of carboxylic acids is 1. The molecule has 0 aliphatic carbocycles. The number of hydrogen-bond donors (Lipinski definition) is 2. The fourth-order valence-electron chi connectivity index (χ4n) is 1.06. The van der Waals surface area contributed by atoms with Gasteiger partial charge >= 0.3 is 18.0 Å². The van der Waals surface area contributed by atoms with Crippen LogP contribution in [0.4, 0.5) is 18.9 Å². The van der Waals surface area contributed by atoms with Crippen LogP contribution < -0.4 is 4.74 Å². The second-order valence-corrected chi connectivity index (χ2v) is 2.95. The van der Waals surface area contributed by atoms with Gasteiger partial charge in [-0.2, -0.15) is 0 Å². The lowest BCUT2D eigenvalue weighted by Gasteiger charge is -2.10. The van der Waals surface area contributed by atoms with Crippen LogP contribution >= 0.6 is 0 Å². The molecule has 0 amide bonds. The number of alkyl halides is 3. The summed E-state index contributed by atoms with van der Waals surface area (Å²) in [5.74, 6) is -4.46. The van der Waals surface area contributed by atoms with Crippen molar-refractivity contribution in [1.82, 2.24) is 0 Å². The van der Waals surface area contributed by atoms with Crippen LogP contribution in [0.3, 0.4) is 0 Å². The van der Waals surface area contributed by atoms with Gasteiger partial charge in [0.1, 0.15) is 0 Å². The van der Waals surface area contributed by atoms with Crippen LogP contribution in [0.15, 0.2) is 12.1 Å². The van der Waals surface area contributed by atoms with Gasteiger partial charge in [0.2, 0.25) is 5.75 Å². The van der Waals surface area contributed by atoms with Gasteiger partial charge in [-0.3, -0.25) is 10.1 Å². The Kier molecular flexibility index (Phi) is 3.30. The topological polar surface area (TPSA) is 110 Å². The summed E-state index contributed by atoms with van der Waals surface area (Å²) in [5, 5.41) is 28.2. The summed E-state index contributed by atoms with van der Waals surface area (Å²) in [6, 6.07) is 0.749. The fourth-order valence-corrected chi connectivity index (χ4v) is 1.06. The maximum absolute atomic E-state index is 11.9. The summed E-state index contributed by atoms with van der Waals surface area (Å²) < 4.78 is 39.1. The van der Waals surface area contributed by atoms with Crippen LogP contribution in [0.1, 0.15) is 10.4 Å². The zero-order chi connectivity index (χ0) is 14.1. The molecule has 0 saturated carbocycles. The first-order valence-corrected chi connectivity index (χ1v) is 4.12. The van der Waals surface area contributed by atoms with Gasteiger partial charge in [-0.15, -0.1) is 13.2 Å². The molecule has 10 heteroatoms. The Balaban J connectivity index is 3.40. The number of nitrogens with zero attached hydrogens (tertiary/aromatic N) is 1. The molecule has 18 heavy (non-hydrogen) atoms. The zero-order valence-corrected chi connectivity index (χ0v) is 8.26. The smallest absolute Gasteiger partial charge is 0.500 e. The summed E-state index contributed by atoms with van der Waals surface area (Å²) in [5.41, 5.74) is -2.02. The van der Waals surface area contributed by atoms with Crippen LogP contribution in [0, 0.1) is 10.1 Å².